The number of nitrogens with two attached hydrogens (primary N) is 1. The number of nitriles is 1. The Bertz CT molecular complexity index is 352. The van der Waals surface area contributed by atoms with Gasteiger partial charge in [-0.3, -0.25) is 0 Å². The number of benzene rings is 1. The van der Waals surface area contributed by atoms with Crippen molar-refractivity contribution in [2.24, 2.45) is 0 Å². The molecule has 1 aromatic carbocycles. The van der Waals surface area contributed by atoms with Crippen molar-refractivity contribution in [2.45, 2.75) is 13.3 Å². The molecule has 1 aromatic rings. The molecule has 3 heteroatoms. The Morgan fingerprint density at radius 1 is 1.50 bits per heavy atom. The number of hydrogen-bond acceptors (Lipinski definition) is 3. The zero-order valence-electron chi connectivity index (χ0n) is 8.62. The van der Waals surface area contributed by atoms with Crippen LogP contribution in [0.5, 0.6) is 0 Å². The topological polar surface area (TPSA) is 53.0 Å². The molecule has 2 N–H and O–H groups in total. The molecule has 0 fully saturated rings. The summed E-state index contributed by atoms with van der Waals surface area (Å²) < 4.78 is 0. The highest BCUT2D eigenvalue weighted by Gasteiger charge is 2.04. The molecular formula is C11H15N3. The van der Waals surface area contributed by atoms with Crippen molar-refractivity contribution in [1.82, 2.24) is 0 Å². The van der Waals surface area contributed by atoms with Crippen molar-refractivity contribution >= 4 is 11.4 Å². The van der Waals surface area contributed by atoms with Crippen LogP contribution in [0.2, 0.25) is 0 Å². The molecule has 0 radical (unpaired) electrons. The Balaban J connectivity index is 2.95. The molecule has 0 atom stereocenters. The number of anilines is 2. The fourth-order valence-corrected chi connectivity index (χ4v) is 1.43. The lowest BCUT2D eigenvalue weighted by molar-refractivity contribution is 0.853. The normalized spacial score (nSPS) is 9.50. The van der Waals surface area contributed by atoms with Crippen molar-refractivity contribution in [2.75, 3.05) is 24.2 Å². The monoisotopic (exact) mass is 189 g/mol. The van der Waals surface area contributed by atoms with Gasteiger partial charge < -0.3 is 10.6 Å². The summed E-state index contributed by atoms with van der Waals surface area (Å²) in [7, 11) is 2.00. The second kappa shape index (κ2) is 4.52. The molecule has 0 spiro atoms. The Morgan fingerprint density at radius 3 is 2.71 bits per heavy atom. The first-order chi connectivity index (χ1) is 6.69. The van der Waals surface area contributed by atoms with Gasteiger partial charge >= 0.3 is 0 Å². The van der Waals surface area contributed by atoms with Crippen molar-refractivity contribution in [3.63, 3.8) is 0 Å². The second-order valence-electron chi connectivity index (χ2n) is 3.31. The van der Waals surface area contributed by atoms with E-state index in [-0.39, 0.29) is 0 Å². The summed E-state index contributed by atoms with van der Waals surface area (Å²) in [5.74, 6) is 0. The summed E-state index contributed by atoms with van der Waals surface area (Å²) in [5.41, 5.74) is 8.10. The predicted octanol–water partition coefficient (Wildman–Crippen LogP) is 1.99. The average molecular weight is 189 g/mol. The van der Waals surface area contributed by atoms with Crippen molar-refractivity contribution in [1.29, 1.82) is 5.26 Å². The number of nitrogens with zero attached hydrogens (tertiary/aromatic N) is 2. The van der Waals surface area contributed by atoms with Gasteiger partial charge in [0.2, 0.25) is 0 Å². The maximum Gasteiger partial charge on any atom is 0.0992 e. The molecule has 0 aliphatic heterocycles. The minimum atomic E-state index is 0.608. The molecular weight excluding hydrogens is 174 g/mol. The van der Waals surface area contributed by atoms with Crippen LogP contribution in [0.4, 0.5) is 11.4 Å². The predicted molar refractivity (Wildman–Crippen MR) is 59.1 cm³/mol. The van der Waals surface area contributed by atoms with Crippen molar-refractivity contribution in [3.05, 3.63) is 23.8 Å². The molecule has 0 bridgehead atoms. The van der Waals surface area contributed by atoms with E-state index in [0.29, 0.717) is 11.3 Å². The van der Waals surface area contributed by atoms with Crippen LogP contribution >= 0.6 is 0 Å². The van der Waals surface area contributed by atoms with Crippen LogP contribution in [0.3, 0.4) is 0 Å². The van der Waals surface area contributed by atoms with Gasteiger partial charge in [0.05, 0.1) is 23.0 Å². The van der Waals surface area contributed by atoms with E-state index < -0.39 is 0 Å². The Labute approximate surface area is 84.7 Å². The molecule has 0 amide bonds. The molecule has 1 rings (SSSR count). The van der Waals surface area contributed by atoms with Crippen molar-refractivity contribution in [3.8, 4) is 6.07 Å². The van der Waals surface area contributed by atoms with Gasteiger partial charge in [-0.15, -0.1) is 0 Å². The number of rotatable bonds is 3. The van der Waals surface area contributed by atoms with E-state index in [2.05, 4.69) is 17.9 Å². The van der Waals surface area contributed by atoms with Crippen LogP contribution < -0.4 is 10.6 Å². The zero-order valence-corrected chi connectivity index (χ0v) is 8.62. The maximum atomic E-state index is 8.68. The molecule has 0 aliphatic carbocycles. The summed E-state index contributed by atoms with van der Waals surface area (Å²) in [4.78, 5) is 2.09. The SMILES string of the molecule is CCCN(C)c1ccc(C#N)cc1N. The fourth-order valence-electron chi connectivity index (χ4n) is 1.43. The molecule has 0 aliphatic rings. The van der Waals surface area contributed by atoms with Crippen LogP contribution in [-0.4, -0.2) is 13.6 Å². The third kappa shape index (κ3) is 2.17. The molecule has 14 heavy (non-hydrogen) atoms. The van der Waals surface area contributed by atoms with E-state index in [1.165, 1.54) is 0 Å². The fraction of sp³-hybridized carbons (Fsp3) is 0.364. The summed E-state index contributed by atoms with van der Waals surface area (Å²) in [6.45, 7) is 3.09. The van der Waals surface area contributed by atoms with Crippen LogP contribution in [0.25, 0.3) is 0 Å². The third-order valence-electron chi connectivity index (χ3n) is 2.13. The first-order valence-electron chi connectivity index (χ1n) is 4.69. The highest BCUT2D eigenvalue weighted by molar-refractivity contribution is 5.69. The lowest BCUT2D eigenvalue weighted by Crippen LogP contribution is -2.19. The van der Waals surface area contributed by atoms with E-state index in [0.717, 1.165) is 18.7 Å². The molecule has 0 unspecified atom stereocenters. The average Bonchev–Trinajstić information content (AvgIpc) is 2.17. The van der Waals surface area contributed by atoms with Crippen LogP contribution in [0, 0.1) is 11.3 Å². The lowest BCUT2D eigenvalue weighted by atomic mass is 10.2. The minimum absolute atomic E-state index is 0.608. The molecule has 74 valence electrons. The van der Waals surface area contributed by atoms with Gasteiger partial charge in [0.15, 0.2) is 0 Å². The summed E-state index contributed by atoms with van der Waals surface area (Å²) in [6, 6.07) is 7.46. The van der Waals surface area contributed by atoms with E-state index in [1.54, 1.807) is 12.1 Å². The van der Waals surface area contributed by atoms with Gasteiger partial charge in [-0.25, -0.2) is 0 Å². The molecule has 0 saturated carbocycles. The van der Waals surface area contributed by atoms with E-state index in [1.807, 2.05) is 13.1 Å². The summed E-state index contributed by atoms with van der Waals surface area (Å²) in [6.07, 6.45) is 1.08. The Hall–Kier alpha value is -1.69. The van der Waals surface area contributed by atoms with Gasteiger partial charge in [-0.05, 0) is 24.6 Å². The molecule has 3 nitrogen and oxygen atoms in total. The van der Waals surface area contributed by atoms with Crippen molar-refractivity contribution < 1.29 is 0 Å². The number of nitrogen functional groups attached to an aromatic ring is 1. The largest absolute Gasteiger partial charge is 0.397 e. The molecule has 0 aromatic heterocycles. The minimum Gasteiger partial charge on any atom is -0.397 e. The quantitative estimate of drug-likeness (QED) is 0.740. The van der Waals surface area contributed by atoms with Gasteiger partial charge in [0.25, 0.3) is 0 Å². The van der Waals surface area contributed by atoms with Gasteiger partial charge in [-0.2, -0.15) is 5.26 Å². The van der Waals surface area contributed by atoms with Gasteiger partial charge in [0, 0.05) is 13.6 Å². The standard InChI is InChI=1S/C11H15N3/c1-3-6-14(2)11-5-4-9(8-12)7-10(11)13/h4-5,7H,3,6,13H2,1-2H3. The highest BCUT2D eigenvalue weighted by atomic mass is 15.1. The van der Waals surface area contributed by atoms with Crippen LogP contribution in [-0.2, 0) is 0 Å². The summed E-state index contributed by atoms with van der Waals surface area (Å²) in [5, 5.41) is 8.68. The highest BCUT2D eigenvalue weighted by Crippen LogP contribution is 2.22. The Morgan fingerprint density at radius 2 is 2.21 bits per heavy atom. The van der Waals surface area contributed by atoms with Crippen LogP contribution in [0.15, 0.2) is 18.2 Å². The summed E-state index contributed by atoms with van der Waals surface area (Å²) >= 11 is 0. The van der Waals surface area contributed by atoms with Crippen LogP contribution in [0.1, 0.15) is 18.9 Å². The smallest absolute Gasteiger partial charge is 0.0992 e. The first-order valence-corrected chi connectivity index (χ1v) is 4.69. The third-order valence-corrected chi connectivity index (χ3v) is 2.13. The van der Waals surface area contributed by atoms with Gasteiger partial charge in [0.1, 0.15) is 0 Å². The zero-order chi connectivity index (χ0) is 10.6. The molecule has 0 saturated heterocycles. The van der Waals surface area contributed by atoms with E-state index in [4.69, 9.17) is 11.0 Å². The number of hydrogen-bond donors (Lipinski definition) is 1. The maximum absolute atomic E-state index is 8.68. The van der Waals surface area contributed by atoms with Gasteiger partial charge in [-0.1, -0.05) is 6.92 Å². The van der Waals surface area contributed by atoms with E-state index >= 15 is 0 Å². The lowest BCUT2D eigenvalue weighted by Gasteiger charge is -2.20. The van der Waals surface area contributed by atoms with E-state index in [9.17, 15) is 0 Å². The first kappa shape index (κ1) is 10.4. The molecule has 0 heterocycles. The second-order valence-corrected chi connectivity index (χ2v) is 3.31. The Kier molecular flexibility index (Phi) is 3.35.